The topological polar surface area (TPSA) is 42.0 Å². The van der Waals surface area contributed by atoms with E-state index in [-0.39, 0.29) is 12.5 Å². The number of piperazine rings is 1. The molecule has 0 unspecified atom stereocenters. The van der Waals surface area contributed by atoms with E-state index in [1.807, 2.05) is 60.4 Å². The molecular formula is C22H28N2O3. The van der Waals surface area contributed by atoms with E-state index in [1.165, 1.54) is 11.1 Å². The van der Waals surface area contributed by atoms with Gasteiger partial charge >= 0.3 is 0 Å². The normalized spacial score (nSPS) is 14.8. The summed E-state index contributed by atoms with van der Waals surface area (Å²) in [6.45, 7) is 8.95. The van der Waals surface area contributed by atoms with Crippen LogP contribution in [0.25, 0.3) is 0 Å². The van der Waals surface area contributed by atoms with Crippen LogP contribution in [0.1, 0.15) is 11.1 Å². The highest BCUT2D eigenvalue weighted by Gasteiger charge is 2.21. The lowest BCUT2D eigenvalue weighted by atomic mass is 10.1. The second-order valence-corrected chi connectivity index (χ2v) is 6.92. The summed E-state index contributed by atoms with van der Waals surface area (Å²) >= 11 is 0. The molecule has 0 N–H and O–H groups in total. The number of para-hydroxylation sites is 1. The van der Waals surface area contributed by atoms with Crippen LogP contribution in [0.2, 0.25) is 0 Å². The number of carbonyl (C=O) groups is 1. The number of ether oxygens (including phenoxy) is 2. The van der Waals surface area contributed by atoms with Crippen molar-refractivity contribution in [2.45, 2.75) is 13.8 Å². The van der Waals surface area contributed by atoms with Gasteiger partial charge in [0.15, 0.2) is 6.61 Å². The highest BCUT2D eigenvalue weighted by Crippen LogP contribution is 2.16. The van der Waals surface area contributed by atoms with Gasteiger partial charge in [-0.05, 0) is 49.2 Å². The van der Waals surface area contributed by atoms with Crippen LogP contribution in [-0.2, 0) is 4.79 Å². The third-order valence-corrected chi connectivity index (χ3v) is 4.99. The number of aryl methyl sites for hydroxylation is 2. The minimum absolute atomic E-state index is 0.0495. The Bertz CT molecular complexity index is 740. The third-order valence-electron chi connectivity index (χ3n) is 4.99. The number of rotatable bonds is 7. The first-order valence-electron chi connectivity index (χ1n) is 9.50. The van der Waals surface area contributed by atoms with Crippen molar-refractivity contribution in [3.63, 3.8) is 0 Å². The number of hydrogen-bond donors (Lipinski definition) is 0. The molecule has 3 rings (SSSR count). The van der Waals surface area contributed by atoms with Gasteiger partial charge in [-0.3, -0.25) is 9.69 Å². The van der Waals surface area contributed by atoms with E-state index < -0.39 is 0 Å². The van der Waals surface area contributed by atoms with Gasteiger partial charge < -0.3 is 14.4 Å². The average Bonchev–Trinajstić information content (AvgIpc) is 2.70. The predicted molar refractivity (Wildman–Crippen MR) is 106 cm³/mol. The molecule has 5 nitrogen and oxygen atoms in total. The van der Waals surface area contributed by atoms with Gasteiger partial charge in [-0.15, -0.1) is 0 Å². The lowest BCUT2D eigenvalue weighted by Crippen LogP contribution is -2.50. The first-order chi connectivity index (χ1) is 13.1. The molecule has 5 heteroatoms. The Kier molecular flexibility index (Phi) is 6.71. The number of amides is 1. The van der Waals surface area contributed by atoms with Crippen molar-refractivity contribution in [2.75, 3.05) is 45.9 Å². The standard InChI is InChI=1S/C22H28N2O3/c1-18-8-9-21(16-19(18)2)27-17-22(25)24-12-10-23(11-13-24)14-15-26-20-6-4-3-5-7-20/h3-9,16H,10-15,17H2,1-2H3. The minimum Gasteiger partial charge on any atom is -0.492 e. The van der Waals surface area contributed by atoms with Crippen LogP contribution < -0.4 is 9.47 Å². The fourth-order valence-corrected chi connectivity index (χ4v) is 3.07. The molecule has 1 fully saturated rings. The van der Waals surface area contributed by atoms with Gasteiger partial charge in [0, 0.05) is 32.7 Å². The van der Waals surface area contributed by atoms with E-state index in [0.29, 0.717) is 6.61 Å². The molecule has 0 aliphatic carbocycles. The quantitative estimate of drug-likeness (QED) is 0.754. The zero-order valence-electron chi connectivity index (χ0n) is 16.2. The highest BCUT2D eigenvalue weighted by atomic mass is 16.5. The molecule has 0 spiro atoms. The molecule has 1 aliphatic heterocycles. The van der Waals surface area contributed by atoms with E-state index in [1.54, 1.807) is 0 Å². The summed E-state index contributed by atoms with van der Waals surface area (Å²) in [5.74, 6) is 1.70. The lowest BCUT2D eigenvalue weighted by molar-refractivity contribution is -0.135. The zero-order valence-corrected chi connectivity index (χ0v) is 16.2. The van der Waals surface area contributed by atoms with Crippen molar-refractivity contribution in [1.82, 2.24) is 9.80 Å². The summed E-state index contributed by atoms with van der Waals surface area (Å²) in [5.41, 5.74) is 2.40. The van der Waals surface area contributed by atoms with E-state index >= 15 is 0 Å². The molecule has 2 aromatic rings. The Morgan fingerprint density at radius 1 is 0.889 bits per heavy atom. The van der Waals surface area contributed by atoms with Crippen molar-refractivity contribution < 1.29 is 14.3 Å². The maximum Gasteiger partial charge on any atom is 0.260 e. The van der Waals surface area contributed by atoms with Crippen LogP contribution >= 0.6 is 0 Å². The molecule has 0 saturated carbocycles. The van der Waals surface area contributed by atoms with Crippen LogP contribution in [0.3, 0.4) is 0 Å². The number of carbonyl (C=O) groups excluding carboxylic acids is 1. The third kappa shape index (κ3) is 5.73. The molecule has 1 heterocycles. The Morgan fingerprint density at radius 2 is 1.63 bits per heavy atom. The Labute approximate surface area is 161 Å². The predicted octanol–water partition coefficient (Wildman–Crippen LogP) is 2.91. The van der Waals surface area contributed by atoms with Gasteiger partial charge in [-0.2, -0.15) is 0 Å². The number of hydrogen-bond acceptors (Lipinski definition) is 4. The second kappa shape index (κ2) is 9.42. The van der Waals surface area contributed by atoms with Crippen molar-refractivity contribution in [3.8, 4) is 11.5 Å². The molecule has 144 valence electrons. The molecule has 1 aliphatic rings. The van der Waals surface area contributed by atoms with Crippen LogP contribution in [0, 0.1) is 13.8 Å². The van der Waals surface area contributed by atoms with Gasteiger partial charge in [0.1, 0.15) is 18.1 Å². The second-order valence-electron chi connectivity index (χ2n) is 6.92. The molecule has 2 aromatic carbocycles. The largest absolute Gasteiger partial charge is 0.492 e. The summed E-state index contributed by atoms with van der Waals surface area (Å²) in [5, 5.41) is 0. The van der Waals surface area contributed by atoms with Crippen LogP contribution in [0.4, 0.5) is 0 Å². The van der Waals surface area contributed by atoms with Gasteiger partial charge in [0.25, 0.3) is 5.91 Å². The highest BCUT2D eigenvalue weighted by molar-refractivity contribution is 5.77. The minimum atomic E-state index is 0.0495. The maximum absolute atomic E-state index is 12.4. The van der Waals surface area contributed by atoms with Crippen molar-refractivity contribution >= 4 is 5.91 Å². The summed E-state index contributed by atoms with van der Waals surface area (Å²) in [6, 6.07) is 15.8. The van der Waals surface area contributed by atoms with Crippen LogP contribution in [0.5, 0.6) is 11.5 Å². The molecule has 0 radical (unpaired) electrons. The molecular weight excluding hydrogens is 340 g/mol. The van der Waals surface area contributed by atoms with E-state index in [9.17, 15) is 4.79 Å². The van der Waals surface area contributed by atoms with Gasteiger partial charge in [0.05, 0.1) is 0 Å². The SMILES string of the molecule is Cc1ccc(OCC(=O)N2CCN(CCOc3ccccc3)CC2)cc1C. The first-order valence-corrected chi connectivity index (χ1v) is 9.50. The fraction of sp³-hybridized carbons (Fsp3) is 0.409. The van der Waals surface area contributed by atoms with Gasteiger partial charge in [0.2, 0.25) is 0 Å². The molecule has 0 atom stereocenters. The van der Waals surface area contributed by atoms with Crippen LogP contribution in [-0.4, -0.2) is 61.6 Å². The molecule has 27 heavy (non-hydrogen) atoms. The first kappa shape index (κ1) is 19.2. The van der Waals surface area contributed by atoms with Gasteiger partial charge in [-0.25, -0.2) is 0 Å². The summed E-state index contributed by atoms with van der Waals surface area (Å²) in [4.78, 5) is 16.6. The Hall–Kier alpha value is -2.53. The molecule has 1 amide bonds. The van der Waals surface area contributed by atoms with Crippen LogP contribution in [0.15, 0.2) is 48.5 Å². The maximum atomic E-state index is 12.4. The number of benzene rings is 2. The average molecular weight is 368 g/mol. The summed E-state index contributed by atoms with van der Waals surface area (Å²) in [7, 11) is 0. The smallest absolute Gasteiger partial charge is 0.260 e. The summed E-state index contributed by atoms with van der Waals surface area (Å²) < 4.78 is 11.4. The lowest BCUT2D eigenvalue weighted by Gasteiger charge is -2.34. The summed E-state index contributed by atoms with van der Waals surface area (Å²) in [6.07, 6.45) is 0. The van der Waals surface area contributed by atoms with Gasteiger partial charge in [-0.1, -0.05) is 24.3 Å². The Balaban J connectivity index is 1.35. The monoisotopic (exact) mass is 368 g/mol. The zero-order chi connectivity index (χ0) is 19.1. The van der Waals surface area contributed by atoms with E-state index in [2.05, 4.69) is 11.8 Å². The Morgan fingerprint density at radius 3 is 2.33 bits per heavy atom. The van der Waals surface area contributed by atoms with Crippen molar-refractivity contribution in [1.29, 1.82) is 0 Å². The van der Waals surface area contributed by atoms with E-state index in [4.69, 9.17) is 9.47 Å². The fourth-order valence-electron chi connectivity index (χ4n) is 3.07. The van der Waals surface area contributed by atoms with Crippen molar-refractivity contribution in [3.05, 3.63) is 59.7 Å². The van der Waals surface area contributed by atoms with Crippen molar-refractivity contribution in [2.24, 2.45) is 0 Å². The molecule has 0 aromatic heterocycles. The number of nitrogens with zero attached hydrogens (tertiary/aromatic N) is 2. The molecule has 0 bridgehead atoms. The molecule has 1 saturated heterocycles. The van der Waals surface area contributed by atoms with E-state index in [0.717, 1.165) is 44.2 Å².